The summed E-state index contributed by atoms with van der Waals surface area (Å²) in [4.78, 5) is 22.3. The van der Waals surface area contributed by atoms with Gasteiger partial charge in [0.05, 0.1) is 10.8 Å². The van der Waals surface area contributed by atoms with Crippen LogP contribution >= 0.6 is 0 Å². The van der Waals surface area contributed by atoms with E-state index in [2.05, 4.69) is 12.7 Å². The molecular weight excluding hydrogens is 316 g/mol. The number of carboxylic acids is 2. The number of hydrogen-bond donors (Lipinski definition) is 2. The average molecular weight is 350 g/mol. The standard InChI is InChI=1S/C21H34O4/c1-2-17(9-5-3-7-11-20(13-14-20)18(22)23)10-6-4-8-12-21(15-16-21)19(24)25/h2,17H,1,3-16H2,(H,22,23)(H,24,25). The van der Waals surface area contributed by atoms with Crippen LogP contribution in [0.1, 0.15) is 89.9 Å². The fourth-order valence-corrected chi connectivity index (χ4v) is 3.92. The van der Waals surface area contributed by atoms with E-state index in [9.17, 15) is 9.59 Å². The van der Waals surface area contributed by atoms with Crippen LogP contribution in [0.15, 0.2) is 12.7 Å². The van der Waals surface area contributed by atoms with Gasteiger partial charge in [0.1, 0.15) is 0 Å². The van der Waals surface area contributed by atoms with Crippen LogP contribution in [0.25, 0.3) is 0 Å². The van der Waals surface area contributed by atoms with E-state index in [0.717, 1.165) is 89.9 Å². The Morgan fingerprint density at radius 3 is 1.48 bits per heavy atom. The predicted molar refractivity (Wildman–Crippen MR) is 98.5 cm³/mol. The maximum absolute atomic E-state index is 11.1. The second kappa shape index (κ2) is 8.86. The second-order valence-electron chi connectivity index (χ2n) is 8.37. The molecule has 0 aromatic heterocycles. The lowest BCUT2D eigenvalue weighted by atomic mass is 9.92. The molecule has 0 aromatic rings. The molecule has 142 valence electrons. The summed E-state index contributed by atoms with van der Waals surface area (Å²) < 4.78 is 0. The Morgan fingerprint density at radius 2 is 1.20 bits per heavy atom. The third-order valence-corrected chi connectivity index (χ3v) is 6.41. The molecule has 25 heavy (non-hydrogen) atoms. The Kier molecular flexibility index (Phi) is 7.09. The summed E-state index contributed by atoms with van der Waals surface area (Å²) in [5.41, 5.74) is -0.737. The molecule has 0 bridgehead atoms. The van der Waals surface area contributed by atoms with E-state index in [1.54, 1.807) is 0 Å². The van der Waals surface area contributed by atoms with Crippen molar-refractivity contribution in [2.45, 2.75) is 89.9 Å². The highest BCUT2D eigenvalue weighted by molar-refractivity contribution is 5.78. The van der Waals surface area contributed by atoms with Gasteiger partial charge in [-0.1, -0.05) is 44.6 Å². The Balaban J connectivity index is 1.47. The first-order valence-electron chi connectivity index (χ1n) is 10.0. The zero-order chi connectivity index (χ0) is 18.3. The van der Waals surface area contributed by atoms with E-state index in [1.807, 2.05) is 0 Å². The van der Waals surface area contributed by atoms with Gasteiger partial charge < -0.3 is 10.2 Å². The zero-order valence-corrected chi connectivity index (χ0v) is 15.5. The zero-order valence-electron chi connectivity index (χ0n) is 15.5. The Bertz CT molecular complexity index is 434. The molecule has 2 N–H and O–H groups in total. The minimum atomic E-state index is -0.604. The SMILES string of the molecule is C=CC(CCCCCC1(C(=O)O)CC1)CCCCCC1(C(=O)O)CC1. The molecule has 0 unspecified atom stereocenters. The van der Waals surface area contributed by atoms with Crippen LogP contribution in [0.3, 0.4) is 0 Å². The molecule has 0 atom stereocenters. The average Bonchev–Trinajstić information content (AvgIpc) is 3.47. The van der Waals surface area contributed by atoms with Crippen LogP contribution in [-0.4, -0.2) is 22.2 Å². The lowest BCUT2D eigenvalue weighted by molar-refractivity contribution is -0.144. The Labute approximate surface area is 151 Å². The summed E-state index contributed by atoms with van der Waals surface area (Å²) in [6, 6.07) is 0. The topological polar surface area (TPSA) is 74.6 Å². The van der Waals surface area contributed by atoms with Crippen LogP contribution in [0, 0.1) is 16.7 Å². The molecule has 4 nitrogen and oxygen atoms in total. The molecule has 0 saturated heterocycles. The van der Waals surface area contributed by atoms with Gasteiger partial charge in [-0.15, -0.1) is 6.58 Å². The van der Waals surface area contributed by atoms with Crippen LogP contribution < -0.4 is 0 Å². The summed E-state index contributed by atoms with van der Waals surface area (Å²) in [6.07, 6.45) is 16.0. The van der Waals surface area contributed by atoms with Crippen molar-refractivity contribution in [3.8, 4) is 0 Å². The molecule has 2 saturated carbocycles. The van der Waals surface area contributed by atoms with Crippen molar-refractivity contribution < 1.29 is 19.8 Å². The first kappa shape index (κ1) is 20.0. The third-order valence-electron chi connectivity index (χ3n) is 6.41. The number of unbranched alkanes of at least 4 members (excludes halogenated alkanes) is 4. The molecule has 2 rings (SSSR count). The van der Waals surface area contributed by atoms with Gasteiger partial charge in [0.15, 0.2) is 0 Å². The fourth-order valence-electron chi connectivity index (χ4n) is 3.92. The maximum atomic E-state index is 11.1. The van der Waals surface area contributed by atoms with Crippen molar-refractivity contribution in [1.29, 1.82) is 0 Å². The molecule has 0 radical (unpaired) electrons. The van der Waals surface area contributed by atoms with Crippen LogP contribution in [0.5, 0.6) is 0 Å². The maximum Gasteiger partial charge on any atom is 0.309 e. The highest BCUT2D eigenvalue weighted by Crippen LogP contribution is 2.50. The molecule has 0 heterocycles. The predicted octanol–water partition coefficient (Wildman–Crippen LogP) is 5.42. The summed E-state index contributed by atoms with van der Waals surface area (Å²) >= 11 is 0. The second-order valence-corrected chi connectivity index (χ2v) is 8.37. The molecular formula is C21H34O4. The van der Waals surface area contributed by atoms with Gasteiger partial charge in [-0.05, 0) is 57.3 Å². The van der Waals surface area contributed by atoms with Gasteiger partial charge in [-0.3, -0.25) is 9.59 Å². The molecule has 2 aliphatic carbocycles. The van der Waals surface area contributed by atoms with Crippen molar-refractivity contribution in [3.63, 3.8) is 0 Å². The first-order valence-corrected chi connectivity index (χ1v) is 10.0. The van der Waals surface area contributed by atoms with Crippen molar-refractivity contribution in [1.82, 2.24) is 0 Å². The van der Waals surface area contributed by atoms with Gasteiger partial charge in [0.25, 0.3) is 0 Å². The first-order chi connectivity index (χ1) is 11.9. The Hall–Kier alpha value is -1.32. The van der Waals surface area contributed by atoms with Gasteiger partial charge in [-0.25, -0.2) is 0 Å². The van der Waals surface area contributed by atoms with Gasteiger partial charge in [-0.2, -0.15) is 0 Å². The normalized spacial score (nSPS) is 19.6. The van der Waals surface area contributed by atoms with E-state index >= 15 is 0 Å². The quantitative estimate of drug-likeness (QED) is 0.305. The number of carbonyl (C=O) groups is 2. The number of allylic oxidation sites excluding steroid dienone is 1. The highest BCUT2D eigenvalue weighted by atomic mass is 16.4. The van der Waals surface area contributed by atoms with Crippen molar-refractivity contribution in [3.05, 3.63) is 12.7 Å². The summed E-state index contributed by atoms with van der Waals surface area (Å²) in [6.45, 7) is 3.95. The lowest BCUT2D eigenvalue weighted by Crippen LogP contribution is -2.14. The molecule has 0 aromatic carbocycles. The van der Waals surface area contributed by atoms with Crippen LogP contribution in [0.2, 0.25) is 0 Å². The number of carboxylic acid groups (broad SMARTS) is 2. The Morgan fingerprint density at radius 1 is 0.800 bits per heavy atom. The summed E-state index contributed by atoms with van der Waals surface area (Å²) in [5.74, 6) is -0.664. The van der Waals surface area contributed by atoms with E-state index in [4.69, 9.17) is 10.2 Å². The fraction of sp³-hybridized carbons (Fsp3) is 0.810. The highest BCUT2D eigenvalue weighted by Gasteiger charge is 2.49. The van der Waals surface area contributed by atoms with Gasteiger partial charge >= 0.3 is 11.9 Å². The molecule has 0 spiro atoms. The summed E-state index contributed by atoms with van der Waals surface area (Å²) in [5, 5.41) is 18.3. The molecule has 0 aliphatic heterocycles. The molecule has 2 fully saturated rings. The number of rotatable bonds is 15. The van der Waals surface area contributed by atoms with E-state index < -0.39 is 11.9 Å². The molecule has 2 aliphatic rings. The van der Waals surface area contributed by atoms with Gasteiger partial charge in [0, 0.05) is 0 Å². The third kappa shape index (κ3) is 5.86. The minimum Gasteiger partial charge on any atom is -0.481 e. The molecule has 0 amide bonds. The van der Waals surface area contributed by atoms with Crippen molar-refractivity contribution >= 4 is 11.9 Å². The molecule has 4 heteroatoms. The monoisotopic (exact) mass is 350 g/mol. The largest absolute Gasteiger partial charge is 0.481 e. The van der Waals surface area contributed by atoms with Crippen LogP contribution in [0.4, 0.5) is 0 Å². The van der Waals surface area contributed by atoms with E-state index in [-0.39, 0.29) is 10.8 Å². The van der Waals surface area contributed by atoms with Gasteiger partial charge in [0.2, 0.25) is 0 Å². The smallest absolute Gasteiger partial charge is 0.309 e. The summed E-state index contributed by atoms with van der Waals surface area (Å²) in [7, 11) is 0. The number of hydrogen-bond acceptors (Lipinski definition) is 2. The lowest BCUT2D eigenvalue weighted by Gasteiger charge is -2.14. The minimum absolute atomic E-state index is 0.368. The van der Waals surface area contributed by atoms with Crippen LogP contribution in [-0.2, 0) is 9.59 Å². The van der Waals surface area contributed by atoms with E-state index in [0.29, 0.717) is 5.92 Å². The van der Waals surface area contributed by atoms with Crippen molar-refractivity contribution in [2.75, 3.05) is 0 Å². The van der Waals surface area contributed by atoms with E-state index in [1.165, 1.54) is 0 Å². The van der Waals surface area contributed by atoms with Crippen molar-refractivity contribution in [2.24, 2.45) is 16.7 Å². The number of aliphatic carboxylic acids is 2.